The van der Waals surface area contributed by atoms with Crippen molar-refractivity contribution >= 4 is 16.9 Å². The predicted octanol–water partition coefficient (Wildman–Crippen LogP) is 2.19. The molecule has 0 bridgehead atoms. The molecule has 1 aromatic carbocycles. The van der Waals surface area contributed by atoms with Crippen LogP contribution in [0.1, 0.15) is 25.5 Å². The Balaban J connectivity index is 2.54. The molecule has 1 unspecified atom stereocenters. The van der Waals surface area contributed by atoms with Gasteiger partial charge in [-0.2, -0.15) is 0 Å². The van der Waals surface area contributed by atoms with Gasteiger partial charge in [-0.25, -0.2) is 0 Å². The van der Waals surface area contributed by atoms with E-state index in [-0.39, 0.29) is 0 Å². The third kappa shape index (κ3) is 2.63. The van der Waals surface area contributed by atoms with Crippen LogP contribution in [0.4, 0.5) is 0 Å². The fourth-order valence-corrected chi connectivity index (χ4v) is 2.35. The summed E-state index contributed by atoms with van der Waals surface area (Å²) in [6, 6.07) is 5.22. The second-order valence-corrected chi connectivity index (χ2v) is 5.19. The molecule has 5 nitrogen and oxygen atoms in total. The molecule has 0 saturated heterocycles. The number of carbonyl (C=O) groups is 1. The van der Waals surface area contributed by atoms with Crippen LogP contribution in [0, 0.1) is 0 Å². The zero-order chi connectivity index (χ0) is 14.9. The smallest absolute Gasteiger partial charge is 0.320 e. The number of benzene rings is 1. The Labute approximate surface area is 117 Å². The lowest BCUT2D eigenvalue weighted by molar-refractivity contribution is -0.138. The van der Waals surface area contributed by atoms with Crippen molar-refractivity contribution in [1.82, 2.24) is 4.57 Å². The normalized spacial score (nSPS) is 12.8. The third-order valence-corrected chi connectivity index (χ3v) is 3.44. The molecule has 2 aromatic rings. The Kier molecular flexibility index (Phi) is 3.99. The van der Waals surface area contributed by atoms with Gasteiger partial charge in [-0.3, -0.25) is 4.79 Å². The van der Waals surface area contributed by atoms with E-state index >= 15 is 0 Å². The summed E-state index contributed by atoms with van der Waals surface area (Å²) in [4.78, 5) is 10.9. The average Bonchev–Trinajstić information content (AvgIpc) is 2.76. The number of carboxylic acids is 1. The fraction of sp³-hybridized carbons (Fsp3) is 0.400. The molecule has 20 heavy (non-hydrogen) atoms. The summed E-state index contributed by atoms with van der Waals surface area (Å²) in [5.74, 6) is -0.234. The topological polar surface area (TPSA) is 77.5 Å². The van der Waals surface area contributed by atoms with Gasteiger partial charge >= 0.3 is 5.97 Å². The number of ether oxygens (including phenoxy) is 1. The van der Waals surface area contributed by atoms with Crippen LogP contribution < -0.4 is 10.5 Å². The molecule has 0 aliphatic heterocycles. The summed E-state index contributed by atoms with van der Waals surface area (Å²) < 4.78 is 7.37. The van der Waals surface area contributed by atoms with Gasteiger partial charge in [-0.05, 0) is 37.6 Å². The molecule has 2 rings (SSSR count). The van der Waals surface area contributed by atoms with E-state index in [9.17, 15) is 4.79 Å². The molecule has 1 aromatic heterocycles. The maximum absolute atomic E-state index is 10.9. The van der Waals surface area contributed by atoms with E-state index in [0.29, 0.717) is 12.5 Å². The standard InChI is InChI=1S/C15H20N2O3/c1-9(2)17-8-10(6-13(16)15(18)19)12-7-11(20-3)4-5-14(12)17/h4-5,7-9,13H,6,16H2,1-3H3,(H,18,19). The Morgan fingerprint density at radius 2 is 2.15 bits per heavy atom. The highest BCUT2D eigenvalue weighted by atomic mass is 16.5. The van der Waals surface area contributed by atoms with Crippen molar-refractivity contribution in [2.45, 2.75) is 32.4 Å². The fourth-order valence-electron chi connectivity index (χ4n) is 2.35. The van der Waals surface area contributed by atoms with Crippen molar-refractivity contribution in [3.05, 3.63) is 30.0 Å². The molecule has 0 spiro atoms. The largest absolute Gasteiger partial charge is 0.497 e. The monoisotopic (exact) mass is 276 g/mol. The van der Waals surface area contributed by atoms with Crippen molar-refractivity contribution in [3.8, 4) is 5.75 Å². The van der Waals surface area contributed by atoms with E-state index in [4.69, 9.17) is 15.6 Å². The molecule has 108 valence electrons. The van der Waals surface area contributed by atoms with Gasteiger partial charge in [0, 0.05) is 29.6 Å². The van der Waals surface area contributed by atoms with E-state index in [1.165, 1.54) is 0 Å². The first-order chi connectivity index (χ1) is 9.43. The maximum Gasteiger partial charge on any atom is 0.320 e. The van der Waals surface area contributed by atoms with Gasteiger partial charge in [0.1, 0.15) is 11.8 Å². The van der Waals surface area contributed by atoms with Crippen LogP contribution in [-0.4, -0.2) is 28.8 Å². The van der Waals surface area contributed by atoms with Crippen LogP contribution in [0.25, 0.3) is 10.9 Å². The van der Waals surface area contributed by atoms with Gasteiger partial charge < -0.3 is 20.1 Å². The van der Waals surface area contributed by atoms with E-state index in [1.54, 1.807) is 7.11 Å². The minimum atomic E-state index is -0.988. The van der Waals surface area contributed by atoms with E-state index in [2.05, 4.69) is 18.4 Å². The molecule has 0 saturated carbocycles. The predicted molar refractivity (Wildman–Crippen MR) is 78.2 cm³/mol. The minimum absolute atomic E-state index is 0.292. The van der Waals surface area contributed by atoms with Crippen molar-refractivity contribution in [2.24, 2.45) is 5.73 Å². The lowest BCUT2D eigenvalue weighted by Gasteiger charge is -2.09. The Bertz CT molecular complexity index is 631. The van der Waals surface area contributed by atoms with Crippen LogP contribution in [0.2, 0.25) is 0 Å². The summed E-state index contributed by atoms with van der Waals surface area (Å²) in [6.07, 6.45) is 2.29. The molecule has 0 fully saturated rings. The first-order valence-electron chi connectivity index (χ1n) is 6.60. The van der Waals surface area contributed by atoms with Crippen LogP contribution in [-0.2, 0) is 11.2 Å². The third-order valence-electron chi connectivity index (χ3n) is 3.44. The second kappa shape index (κ2) is 5.54. The van der Waals surface area contributed by atoms with Crippen molar-refractivity contribution < 1.29 is 14.6 Å². The number of carboxylic acid groups (broad SMARTS) is 1. The SMILES string of the molecule is COc1ccc2c(c1)c(CC(N)C(=O)O)cn2C(C)C. The highest BCUT2D eigenvalue weighted by Crippen LogP contribution is 2.29. The van der Waals surface area contributed by atoms with Crippen LogP contribution in [0.5, 0.6) is 5.75 Å². The Hall–Kier alpha value is -2.01. The van der Waals surface area contributed by atoms with Crippen LogP contribution >= 0.6 is 0 Å². The minimum Gasteiger partial charge on any atom is -0.497 e. The summed E-state index contributed by atoms with van der Waals surface area (Å²) in [7, 11) is 1.61. The molecule has 0 aliphatic carbocycles. The van der Waals surface area contributed by atoms with Crippen molar-refractivity contribution in [2.75, 3.05) is 7.11 Å². The highest BCUT2D eigenvalue weighted by Gasteiger charge is 2.17. The Morgan fingerprint density at radius 3 is 2.70 bits per heavy atom. The molecule has 1 atom stereocenters. The van der Waals surface area contributed by atoms with E-state index in [0.717, 1.165) is 22.2 Å². The Morgan fingerprint density at radius 1 is 1.45 bits per heavy atom. The lowest BCUT2D eigenvalue weighted by atomic mass is 10.1. The summed E-state index contributed by atoms with van der Waals surface area (Å²) in [5, 5.41) is 9.97. The number of aliphatic carboxylic acids is 1. The number of rotatable bonds is 5. The molecule has 5 heteroatoms. The van der Waals surface area contributed by atoms with E-state index in [1.807, 2.05) is 24.4 Å². The lowest BCUT2D eigenvalue weighted by Crippen LogP contribution is -2.32. The number of fused-ring (bicyclic) bond motifs is 1. The van der Waals surface area contributed by atoms with Crippen molar-refractivity contribution in [1.29, 1.82) is 0 Å². The van der Waals surface area contributed by atoms with Gasteiger partial charge in [0.25, 0.3) is 0 Å². The quantitative estimate of drug-likeness (QED) is 0.877. The number of aromatic nitrogens is 1. The van der Waals surface area contributed by atoms with Gasteiger partial charge in [0.2, 0.25) is 0 Å². The van der Waals surface area contributed by atoms with Gasteiger partial charge in [0.15, 0.2) is 0 Å². The van der Waals surface area contributed by atoms with Gasteiger partial charge in [0.05, 0.1) is 7.11 Å². The molecule has 3 N–H and O–H groups in total. The molecule has 0 aliphatic rings. The molecule has 0 amide bonds. The summed E-state index contributed by atoms with van der Waals surface area (Å²) in [5.41, 5.74) is 7.65. The molecule has 0 radical (unpaired) electrons. The molecular weight excluding hydrogens is 256 g/mol. The summed E-state index contributed by atoms with van der Waals surface area (Å²) in [6.45, 7) is 4.18. The number of nitrogens with two attached hydrogens (primary N) is 1. The van der Waals surface area contributed by atoms with Gasteiger partial charge in [-0.1, -0.05) is 0 Å². The molecule has 1 heterocycles. The zero-order valence-corrected chi connectivity index (χ0v) is 12.0. The number of nitrogens with zero attached hydrogens (tertiary/aromatic N) is 1. The highest BCUT2D eigenvalue weighted by molar-refractivity contribution is 5.86. The second-order valence-electron chi connectivity index (χ2n) is 5.19. The van der Waals surface area contributed by atoms with Crippen molar-refractivity contribution in [3.63, 3.8) is 0 Å². The first-order valence-corrected chi connectivity index (χ1v) is 6.60. The van der Waals surface area contributed by atoms with Crippen LogP contribution in [0.3, 0.4) is 0 Å². The average molecular weight is 276 g/mol. The number of methoxy groups -OCH3 is 1. The maximum atomic E-state index is 10.9. The van der Waals surface area contributed by atoms with Crippen LogP contribution in [0.15, 0.2) is 24.4 Å². The number of hydrogen-bond donors (Lipinski definition) is 2. The van der Waals surface area contributed by atoms with E-state index < -0.39 is 12.0 Å². The number of hydrogen-bond acceptors (Lipinski definition) is 3. The summed E-state index contributed by atoms with van der Waals surface area (Å²) >= 11 is 0. The zero-order valence-electron chi connectivity index (χ0n) is 12.0. The van der Waals surface area contributed by atoms with Gasteiger partial charge in [-0.15, -0.1) is 0 Å². The first kappa shape index (κ1) is 14.4. The molecular formula is C15H20N2O3.